The summed E-state index contributed by atoms with van der Waals surface area (Å²) in [5, 5.41) is 0. The van der Waals surface area contributed by atoms with E-state index in [-0.39, 0.29) is 17.7 Å². The molecule has 0 saturated carbocycles. The minimum atomic E-state index is -3.40. The number of amides is 1. The third kappa shape index (κ3) is 4.31. The van der Waals surface area contributed by atoms with Crippen LogP contribution in [-0.4, -0.2) is 38.4 Å². The second-order valence-corrected chi connectivity index (χ2v) is 8.89. The van der Waals surface area contributed by atoms with Crippen LogP contribution in [0.4, 0.5) is 0 Å². The molecule has 3 rings (SSSR count). The fourth-order valence-corrected chi connectivity index (χ4v) is 4.43. The molecular formula is C20H24N2O3S. The van der Waals surface area contributed by atoms with Crippen LogP contribution in [0.25, 0.3) is 0 Å². The van der Waals surface area contributed by atoms with Crippen molar-refractivity contribution >= 4 is 15.7 Å². The number of carbonyl (C=O) groups excluding carboxylic acids is 1. The molecule has 6 heteroatoms. The van der Waals surface area contributed by atoms with Gasteiger partial charge in [0.1, 0.15) is 0 Å². The minimum Gasteiger partial charge on any atom is -0.339 e. The molecule has 0 unspecified atom stereocenters. The summed E-state index contributed by atoms with van der Waals surface area (Å²) >= 11 is 0. The van der Waals surface area contributed by atoms with Gasteiger partial charge in [0.2, 0.25) is 0 Å². The lowest BCUT2D eigenvalue weighted by Gasteiger charge is -2.30. The largest absolute Gasteiger partial charge is 0.339 e. The smallest absolute Gasteiger partial charge is 0.253 e. The van der Waals surface area contributed by atoms with E-state index in [1.165, 1.54) is 0 Å². The summed E-state index contributed by atoms with van der Waals surface area (Å²) in [5.74, 6) is -0.104. The lowest BCUT2D eigenvalue weighted by molar-refractivity contribution is 0.0714. The maximum Gasteiger partial charge on any atom is 0.253 e. The van der Waals surface area contributed by atoms with E-state index >= 15 is 0 Å². The van der Waals surface area contributed by atoms with Gasteiger partial charge in [0, 0.05) is 24.7 Å². The summed E-state index contributed by atoms with van der Waals surface area (Å²) in [6.45, 7) is 3.26. The maximum atomic E-state index is 12.5. The standard InChI is InChI=1S/C20H24N2O3S/c1-15-2-8-19(9-3-15)26(24,25)14-16-4-6-17(7-5-16)20(23)22-12-10-18(21)11-13-22/h2-9,18H,10-14,21H2,1H3. The first-order valence-corrected chi connectivity index (χ1v) is 10.4. The Hall–Kier alpha value is -2.18. The number of nitrogens with zero attached hydrogens (tertiary/aromatic N) is 1. The first-order valence-electron chi connectivity index (χ1n) is 8.78. The van der Waals surface area contributed by atoms with Gasteiger partial charge in [-0.25, -0.2) is 8.42 Å². The highest BCUT2D eigenvalue weighted by Crippen LogP contribution is 2.19. The molecule has 0 spiro atoms. The van der Waals surface area contributed by atoms with Crippen molar-refractivity contribution in [1.82, 2.24) is 4.90 Å². The summed E-state index contributed by atoms with van der Waals surface area (Å²) in [6, 6.07) is 13.9. The molecule has 138 valence electrons. The molecular weight excluding hydrogens is 348 g/mol. The number of sulfone groups is 1. The highest BCUT2D eigenvalue weighted by Gasteiger charge is 2.22. The number of aryl methyl sites for hydroxylation is 1. The third-order valence-electron chi connectivity index (χ3n) is 4.76. The molecule has 1 saturated heterocycles. The average Bonchev–Trinajstić information content (AvgIpc) is 2.62. The van der Waals surface area contributed by atoms with E-state index in [1.807, 2.05) is 6.92 Å². The number of nitrogens with two attached hydrogens (primary N) is 1. The zero-order valence-electron chi connectivity index (χ0n) is 14.9. The van der Waals surface area contributed by atoms with Crippen LogP contribution >= 0.6 is 0 Å². The predicted molar refractivity (Wildman–Crippen MR) is 102 cm³/mol. The summed E-state index contributed by atoms with van der Waals surface area (Å²) in [4.78, 5) is 14.6. The van der Waals surface area contributed by atoms with E-state index in [0.717, 1.165) is 18.4 Å². The predicted octanol–water partition coefficient (Wildman–Crippen LogP) is 2.53. The van der Waals surface area contributed by atoms with E-state index in [1.54, 1.807) is 53.4 Å². The Balaban J connectivity index is 1.69. The van der Waals surface area contributed by atoms with Gasteiger partial charge in [0.15, 0.2) is 9.84 Å². The third-order valence-corrected chi connectivity index (χ3v) is 6.47. The van der Waals surface area contributed by atoms with Crippen molar-refractivity contribution in [3.05, 3.63) is 65.2 Å². The Morgan fingerprint density at radius 2 is 1.62 bits per heavy atom. The number of hydrogen-bond donors (Lipinski definition) is 1. The summed E-state index contributed by atoms with van der Waals surface area (Å²) in [7, 11) is -3.40. The van der Waals surface area contributed by atoms with Crippen molar-refractivity contribution in [1.29, 1.82) is 0 Å². The Morgan fingerprint density at radius 3 is 2.19 bits per heavy atom. The van der Waals surface area contributed by atoms with E-state index in [9.17, 15) is 13.2 Å². The van der Waals surface area contributed by atoms with Gasteiger partial charge in [-0.15, -0.1) is 0 Å². The van der Waals surface area contributed by atoms with E-state index < -0.39 is 9.84 Å². The number of benzene rings is 2. The second-order valence-electron chi connectivity index (χ2n) is 6.90. The second kappa shape index (κ2) is 7.60. The van der Waals surface area contributed by atoms with Crippen LogP contribution < -0.4 is 5.73 Å². The molecule has 2 aromatic carbocycles. The van der Waals surface area contributed by atoms with Gasteiger partial charge in [-0.2, -0.15) is 0 Å². The molecule has 2 aromatic rings. The van der Waals surface area contributed by atoms with Crippen LogP contribution in [0.5, 0.6) is 0 Å². The molecule has 1 amide bonds. The fourth-order valence-electron chi connectivity index (χ4n) is 3.08. The quantitative estimate of drug-likeness (QED) is 0.894. The van der Waals surface area contributed by atoms with Gasteiger partial charge >= 0.3 is 0 Å². The van der Waals surface area contributed by atoms with Gasteiger partial charge in [0.05, 0.1) is 10.6 Å². The number of rotatable bonds is 4. The molecule has 0 bridgehead atoms. The normalized spacial score (nSPS) is 15.8. The SMILES string of the molecule is Cc1ccc(S(=O)(=O)Cc2ccc(C(=O)N3CCC(N)CC3)cc2)cc1. The number of likely N-dealkylation sites (tertiary alicyclic amines) is 1. The first-order chi connectivity index (χ1) is 12.3. The molecule has 2 N–H and O–H groups in total. The summed E-state index contributed by atoms with van der Waals surface area (Å²) in [5.41, 5.74) is 8.14. The van der Waals surface area contributed by atoms with Crippen LogP contribution in [-0.2, 0) is 15.6 Å². The minimum absolute atomic E-state index is 0.0233. The van der Waals surface area contributed by atoms with E-state index in [0.29, 0.717) is 29.1 Å². The lowest BCUT2D eigenvalue weighted by Crippen LogP contribution is -2.42. The lowest BCUT2D eigenvalue weighted by atomic mass is 10.0. The topological polar surface area (TPSA) is 80.5 Å². The van der Waals surface area contributed by atoms with Gasteiger partial charge in [-0.1, -0.05) is 29.8 Å². The van der Waals surface area contributed by atoms with Gasteiger partial charge in [0.25, 0.3) is 5.91 Å². The van der Waals surface area contributed by atoms with Crippen LogP contribution in [0.15, 0.2) is 53.4 Å². The van der Waals surface area contributed by atoms with Gasteiger partial charge in [-0.3, -0.25) is 4.79 Å². The van der Waals surface area contributed by atoms with Gasteiger partial charge < -0.3 is 10.6 Å². The van der Waals surface area contributed by atoms with Crippen molar-refractivity contribution in [2.24, 2.45) is 5.73 Å². The molecule has 0 aromatic heterocycles. The zero-order valence-corrected chi connectivity index (χ0v) is 15.7. The molecule has 1 heterocycles. The van der Waals surface area contributed by atoms with Crippen molar-refractivity contribution < 1.29 is 13.2 Å². The molecule has 0 atom stereocenters. The Morgan fingerprint density at radius 1 is 1.04 bits per heavy atom. The Labute approximate surface area is 154 Å². The molecule has 1 fully saturated rings. The Bertz CT molecular complexity index is 866. The molecule has 1 aliphatic rings. The Kier molecular flexibility index (Phi) is 5.44. The van der Waals surface area contributed by atoms with Crippen LogP contribution in [0.3, 0.4) is 0 Å². The van der Waals surface area contributed by atoms with Crippen molar-refractivity contribution in [3.63, 3.8) is 0 Å². The first kappa shape index (κ1) is 18.6. The van der Waals surface area contributed by atoms with Crippen LogP contribution in [0, 0.1) is 6.92 Å². The highest BCUT2D eigenvalue weighted by molar-refractivity contribution is 7.90. The number of carbonyl (C=O) groups is 1. The molecule has 5 nitrogen and oxygen atoms in total. The number of piperidine rings is 1. The van der Waals surface area contributed by atoms with Crippen LogP contribution in [0.2, 0.25) is 0 Å². The highest BCUT2D eigenvalue weighted by atomic mass is 32.2. The monoisotopic (exact) mass is 372 g/mol. The molecule has 1 aliphatic heterocycles. The average molecular weight is 372 g/mol. The molecule has 0 radical (unpaired) electrons. The van der Waals surface area contributed by atoms with Crippen molar-refractivity contribution in [2.75, 3.05) is 13.1 Å². The van der Waals surface area contributed by atoms with Crippen molar-refractivity contribution in [3.8, 4) is 0 Å². The van der Waals surface area contributed by atoms with Crippen molar-refractivity contribution in [2.45, 2.75) is 36.5 Å². The van der Waals surface area contributed by atoms with E-state index in [2.05, 4.69) is 0 Å². The maximum absolute atomic E-state index is 12.5. The summed E-state index contributed by atoms with van der Waals surface area (Å²) in [6.07, 6.45) is 1.64. The fraction of sp³-hybridized carbons (Fsp3) is 0.350. The zero-order chi connectivity index (χ0) is 18.7. The van der Waals surface area contributed by atoms with E-state index in [4.69, 9.17) is 5.73 Å². The van der Waals surface area contributed by atoms with Crippen LogP contribution in [0.1, 0.15) is 34.3 Å². The molecule has 0 aliphatic carbocycles. The number of hydrogen-bond acceptors (Lipinski definition) is 4. The van der Waals surface area contributed by atoms with Gasteiger partial charge in [-0.05, 0) is 49.6 Å². The molecule has 26 heavy (non-hydrogen) atoms. The summed E-state index contributed by atoms with van der Waals surface area (Å²) < 4.78 is 25.0.